The number of imidazole rings is 1. The van der Waals surface area contributed by atoms with Gasteiger partial charge in [-0.05, 0) is 31.7 Å². The second kappa shape index (κ2) is 6.36. The molecule has 8 heteroatoms. The summed E-state index contributed by atoms with van der Waals surface area (Å²) in [4.78, 5) is 31.3. The largest absolute Gasteiger partial charge is 0.364 e. The van der Waals surface area contributed by atoms with Gasteiger partial charge in [-0.25, -0.2) is 19.9 Å². The maximum absolute atomic E-state index is 11.4. The van der Waals surface area contributed by atoms with Crippen LogP contribution in [-0.2, 0) is 0 Å². The van der Waals surface area contributed by atoms with Crippen molar-refractivity contribution >= 4 is 17.4 Å². The van der Waals surface area contributed by atoms with Crippen LogP contribution in [0.4, 0.5) is 5.82 Å². The van der Waals surface area contributed by atoms with Crippen molar-refractivity contribution in [2.45, 2.75) is 32.7 Å². The molecule has 0 aromatic carbocycles. The number of piperidine rings is 1. The molecule has 1 amide bonds. The Morgan fingerprint density at radius 3 is 2.85 bits per heavy atom. The second-order valence-electron chi connectivity index (χ2n) is 6.93. The highest BCUT2D eigenvalue weighted by Crippen LogP contribution is 2.27. The molecule has 8 nitrogen and oxygen atoms in total. The minimum atomic E-state index is -0.586. The van der Waals surface area contributed by atoms with E-state index in [1.165, 1.54) is 12.6 Å². The molecule has 1 aliphatic heterocycles. The van der Waals surface area contributed by atoms with Crippen LogP contribution >= 0.6 is 0 Å². The lowest BCUT2D eigenvalue weighted by Crippen LogP contribution is -2.41. The van der Waals surface area contributed by atoms with Crippen LogP contribution in [0.2, 0.25) is 0 Å². The fraction of sp³-hybridized carbons (Fsp3) is 0.389. The molecular formula is C18H21N7O. The molecule has 26 heavy (non-hydrogen) atoms. The van der Waals surface area contributed by atoms with Gasteiger partial charge in [0, 0.05) is 25.0 Å². The molecule has 0 spiro atoms. The summed E-state index contributed by atoms with van der Waals surface area (Å²) in [5.41, 5.74) is 6.82. The summed E-state index contributed by atoms with van der Waals surface area (Å²) < 4.78 is 1.74. The number of carbonyl (C=O) groups excluding carboxylic acids is 1. The molecule has 0 saturated carbocycles. The van der Waals surface area contributed by atoms with Gasteiger partial charge in [0.1, 0.15) is 17.2 Å². The highest BCUT2D eigenvalue weighted by molar-refractivity contribution is 5.90. The number of carbonyl (C=O) groups is 1. The van der Waals surface area contributed by atoms with Crippen molar-refractivity contribution in [3.8, 4) is 11.5 Å². The number of primary amides is 1. The molecule has 0 bridgehead atoms. The minimum Gasteiger partial charge on any atom is -0.364 e. The van der Waals surface area contributed by atoms with Crippen LogP contribution in [0.25, 0.3) is 17.2 Å². The molecule has 3 aromatic heterocycles. The normalized spacial score (nSPS) is 20.5. The Labute approximate surface area is 151 Å². The molecule has 134 valence electrons. The number of rotatable bonds is 3. The third-order valence-electron chi connectivity index (χ3n) is 4.93. The third kappa shape index (κ3) is 2.87. The van der Waals surface area contributed by atoms with Gasteiger partial charge in [0.05, 0.1) is 12.4 Å². The van der Waals surface area contributed by atoms with E-state index in [1.54, 1.807) is 23.0 Å². The Morgan fingerprint density at radius 2 is 2.04 bits per heavy atom. The lowest BCUT2D eigenvalue weighted by Gasteiger charge is -2.37. The minimum absolute atomic E-state index is 0.173. The molecule has 1 saturated heterocycles. The van der Waals surface area contributed by atoms with E-state index in [9.17, 15) is 4.79 Å². The van der Waals surface area contributed by atoms with Crippen LogP contribution in [0.5, 0.6) is 0 Å². The van der Waals surface area contributed by atoms with Crippen molar-refractivity contribution in [3.05, 3.63) is 36.5 Å². The SMILES string of the molecule is CC1CCC(C)N(c2ccnc(-c3cnc4cnc(C(N)=O)cn34)n2)C1. The lowest BCUT2D eigenvalue weighted by molar-refractivity contribution is 0.0995. The quantitative estimate of drug-likeness (QED) is 0.773. The fourth-order valence-electron chi connectivity index (χ4n) is 3.42. The number of anilines is 1. The molecular weight excluding hydrogens is 330 g/mol. The Balaban J connectivity index is 1.76. The average Bonchev–Trinajstić information content (AvgIpc) is 3.07. The fourth-order valence-corrected chi connectivity index (χ4v) is 3.42. The monoisotopic (exact) mass is 351 g/mol. The van der Waals surface area contributed by atoms with Gasteiger partial charge in [-0.2, -0.15) is 0 Å². The van der Waals surface area contributed by atoms with Crippen LogP contribution in [0.15, 0.2) is 30.9 Å². The first-order valence-corrected chi connectivity index (χ1v) is 8.76. The van der Waals surface area contributed by atoms with Crippen LogP contribution in [0, 0.1) is 5.92 Å². The molecule has 2 N–H and O–H groups in total. The second-order valence-corrected chi connectivity index (χ2v) is 6.93. The number of fused-ring (bicyclic) bond motifs is 1. The van der Waals surface area contributed by atoms with Crippen LogP contribution in [-0.4, -0.2) is 42.8 Å². The summed E-state index contributed by atoms with van der Waals surface area (Å²) >= 11 is 0. The Hall–Kier alpha value is -3.03. The zero-order valence-electron chi connectivity index (χ0n) is 14.8. The average molecular weight is 351 g/mol. The Kier molecular flexibility index (Phi) is 4.02. The molecule has 2 atom stereocenters. The molecule has 4 rings (SSSR count). The van der Waals surface area contributed by atoms with Gasteiger partial charge in [0.15, 0.2) is 11.5 Å². The zero-order chi connectivity index (χ0) is 18.3. The van der Waals surface area contributed by atoms with E-state index in [1.807, 2.05) is 6.07 Å². The maximum atomic E-state index is 11.4. The van der Waals surface area contributed by atoms with E-state index in [0.717, 1.165) is 18.8 Å². The molecule has 3 aromatic rings. The van der Waals surface area contributed by atoms with Gasteiger partial charge in [0.25, 0.3) is 5.91 Å². The summed E-state index contributed by atoms with van der Waals surface area (Å²) in [6.07, 6.45) is 8.93. The number of nitrogens with two attached hydrogens (primary N) is 1. The highest BCUT2D eigenvalue weighted by Gasteiger charge is 2.24. The van der Waals surface area contributed by atoms with Crippen molar-refractivity contribution in [3.63, 3.8) is 0 Å². The van der Waals surface area contributed by atoms with E-state index >= 15 is 0 Å². The predicted molar refractivity (Wildman–Crippen MR) is 97.7 cm³/mol. The number of hydrogen-bond acceptors (Lipinski definition) is 6. The van der Waals surface area contributed by atoms with Crippen molar-refractivity contribution < 1.29 is 4.79 Å². The molecule has 0 aliphatic carbocycles. The molecule has 1 fully saturated rings. The third-order valence-corrected chi connectivity index (χ3v) is 4.93. The van der Waals surface area contributed by atoms with Crippen LogP contribution in [0.1, 0.15) is 37.2 Å². The van der Waals surface area contributed by atoms with E-state index in [2.05, 4.69) is 33.7 Å². The standard InChI is InChI=1S/C18H21N7O/c1-11-3-4-12(2)24(9-11)15-5-6-20-18(23-15)14-7-22-16-8-21-13(17(19)26)10-25(14)16/h5-8,10-12H,3-4,9H2,1-2H3,(H2,19,26). The van der Waals surface area contributed by atoms with Crippen molar-refractivity contribution in [1.82, 2.24) is 24.3 Å². The van der Waals surface area contributed by atoms with Crippen LogP contribution in [0.3, 0.4) is 0 Å². The van der Waals surface area contributed by atoms with Crippen molar-refractivity contribution in [1.29, 1.82) is 0 Å². The molecule has 2 unspecified atom stereocenters. The van der Waals surface area contributed by atoms with Gasteiger partial charge in [-0.3, -0.25) is 9.20 Å². The molecule has 0 radical (unpaired) electrons. The first kappa shape index (κ1) is 16.4. The predicted octanol–water partition coefficient (Wildman–Crippen LogP) is 1.91. The number of amides is 1. The highest BCUT2D eigenvalue weighted by atomic mass is 16.1. The summed E-state index contributed by atoms with van der Waals surface area (Å²) in [5, 5.41) is 0. The number of aromatic nitrogens is 5. The van der Waals surface area contributed by atoms with Gasteiger partial charge >= 0.3 is 0 Å². The van der Waals surface area contributed by atoms with Crippen LogP contribution < -0.4 is 10.6 Å². The van der Waals surface area contributed by atoms with E-state index in [0.29, 0.717) is 29.1 Å². The first-order valence-electron chi connectivity index (χ1n) is 8.76. The first-order chi connectivity index (χ1) is 12.5. The Bertz CT molecular complexity index is 967. The lowest BCUT2D eigenvalue weighted by atomic mass is 9.95. The van der Waals surface area contributed by atoms with Gasteiger partial charge in [0.2, 0.25) is 0 Å². The van der Waals surface area contributed by atoms with E-state index in [4.69, 9.17) is 10.7 Å². The zero-order valence-corrected chi connectivity index (χ0v) is 14.8. The summed E-state index contributed by atoms with van der Waals surface area (Å²) in [6.45, 7) is 5.48. The topological polar surface area (TPSA) is 102 Å². The summed E-state index contributed by atoms with van der Waals surface area (Å²) in [5.74, 6) is 1.53. The summed E-state index contributed by atoms with van der Waals surface area (Å²) in [7, 11) is 0. The smallest absolute Gasteiger partial charge is 0.268 e. The van der Waals surface area contributed by atoms with Crippen molar-refractivity contribution in [2.24, 2.45) is 11.7 Å². The number of nitrogens with zero attached hydrogens (tertiary/aromatic N) is 6. The van der Waals surface area contributed by atoms with Crippen molar-refractivity contribution in [2.75, 3.05) is 11.4 Å². The summed E-state index contributed by atoms with van der Waals surface area (Å²) in [6, 6.07) is 2.39. The van der Waals surface area contributed by atoms with E-state index in [-0.39, 0.29) is 5.69 Å². The van der Waals surface area contributed by atoms with Gasteiger partial charge in [-0.15, -0.1) is 0 Å². The number of hydrogen-bond donors (Lipinski definition) is 1. The maximum Gasteiger partial charge on any atom is 0.268 e. The molecule has 1 aliphatic rings. The van der Waals surface area contributed by atoms with Gasteiger partial charge < -0.3 is 10.6 Å². The molecule has 4 heterocycles. The Morgan fingerprint density at radius 1 is 1.19 bits per heavy atom. The van der Waals surface area contributed by atoms with Gasteiger partial charge in [-0.1, -0.05) is 6.92 Å². The van der Waals surface area contributed by atoms with E-state index < -0.39 is 5.91 Å².